The van der Waals surface area contributed by atoms with Crippen LogP contribution in [0.15, 0.2) is 60.3 Å². The van der Waals surface area contributed by atoms with E-state index in [1.165, 1.54) is 11.8 Å². The first-order valence-corrected chi connectivity index (χ1v) is 11.8. The Labute approximate surface area is 206 Å². The van der Waals surface area contributed by atoms with Crippen molar-refractivity contribution in [1.29, 1.82) is 0 Å². The van der Waals surface area contributed by atoms with Crippen molar-refractivity contribution in [2.45, 2.75) is 31.6 Å². The Balaban J connectivity index is 1.69. The Morgan fingerprint density at radius 1 is 1.21 bits per heavy atom. The molecule has 0 saturated carbocycles. The summed E-state index contributed by atoms with van der Waals surface area (Å²) in [7, 11) is 0. The predicted molar refractivity (Wildman–Crippen MR) is 133 cm³/mol. The molecule has 1 atom stereocenters. The second-order valence-corrected chi connectivity index (χ2v) is 9.00. The van der Waals surface area contributed by atoms with Crippen LogP contribution < -0.4 is 10.6 Å². The zero-order valence-electron chi connectivity index (χ0n) is 18.1. The number of carbonyl (C=O) groups excluding carboxylic acids is 2. The number of carbonyl (C=O) groups is 2. The van der Waals surface area contributed by atoms with Gasteiger partial charge in [0, 0.05) is 17.1 Å². The summed E-state index contributed by atoms with van der Waals surface area (Å²) in [6.45, 7) is 7.93. The summed E-state index contributed by atoms with van der Waals surface area (Å²) >= 11 is 13.3. The average molecular weight is 504 g/mol. The third-order valence-electron chi connectivity index (χ3n) is 4.72. The van der Waals surface area contributed by atoms with Crippen molar-refractivity contribution in [2.75, 3.05) is 11.1 Å². The van der Waals surface area contributed by atoms with Crippen LogP contribution in [-0.4, -0.2) is 32.3 Å². The van der Waals surface area contributed by atoms with E-state index in [2.05, 4.69) is 27.4 Å². The quantitative estimate of drug-likeness (QED) is 0.305. The number of halogens is 2. The minimum Gasteiger partial charge on any atom is -0.342 e. The van der Waals surface area contributed by atoms with Crippen LogP contribution in [0.25, 0.3) is 0 Å². The van der Waals surface area contributed by atoms with Crippen molar-refractivity contribution >= 4 is 52.5 Å². The first kappa shape index (κ1) is 24.8. The number of nitrogens with zero attached hydrogens (tertiary/aromatic N) is 3. The maximum atomic E-state index is 12.7. The number of nitrogens with one attached hydrogen (secondary N) is 2. The molecule has 33 heavy (non-hydrogen) atoms. The molecule has 3 rings (SSSR count). The van der Waals surface area contributed by atoms with Gasteiger partial charge in [-0.05, 0) is 43.7 Å². The summed E-state index contributed by atoms with van der Waals surface area (Å²) in [6, 6.07) is 11.8. The van der Waals surface area contributed by atoms with Crippen molar-refractivity contribution < 1.29 is 9.59 Å². The Morgan fingerprint density at radius 2 is 1.97 bits per heavy atom. The SMILES string of the molecule is C=CCn1c(SCC(=O)Nc2cc(Cl)ccc2Cl)nnc1[C@@H](C)NC(=O)c1ccccc1C. The topological polar surface area (TPSA) is 88.9 Å². The van der Waals surface area contributed by atoms with Gasteiger partial charge in [-0.15, -0.1) is 16.8 Å². The van der Waals surface area contributed by atoms with Crippen molar-refractivity contribution in [2.24, 2.45) is 0 Å². The minimum absolute atomic E-state index is 0.0854. The third-order valence-corrected chi connectivity index (χ3v) is 6.25. The van der Waals surface area contributed by atoms with Crippen LogP contribution in [0.5, 0.6) is 0 Å². The number of allylic oxidation sites excluding steroid dienone is 1. The van der Waals surface area contributed by atoms with Gasteiger partial charge in [0.15, 0.2) is 11.0 Å². The van der Waals surface area contributed by atoms with Crippen LogP contribution in [0.4, 0.5) is 5.69 Å². The van der Waals surface area contributed by atoms with Crippen LogP contribution in [0.1, 0.15) is 34.7 Å². The summed E-state index contributed by atoms with van der Waals surface area (Å²) in [5.74, 6) is 0.195. The van der Waals surface area contributed by atoms with E-state index >= 15 is 0 Å². The molecule has 172 valence electrons. The van der Waals surface area contributed by atoms with Gasteiger partial charge in [0.05, 0.1) is 22.5 Å². The lowest BCUT2D eigenvalue weighted by Gasteiger charge is -2.16. The number of thioether (sulfide) groups is 1. The van der Waals surface area contributed by atoms with Gasteiger partial charge in [-0.2, -0.15) is 0 Å². The highest BCUT2D eigenvalue weighted by atomic mass is 35.5. The molecule has 0 bridgehead atoms. The second kappa shape index (κ2) is 11.4. The van der Waals surface area contributed by atoms with Crippen LogP contribution in [0, 0.1) is 6.92 Å². The van der Waals surface area contributed by atoms with E-state index < -0.39 is 6.04 Å². The Morgan fingerprint density at radius 3 is 2.70 bits per heavy atom. The highest BCUT2D eigenvalue weighted by molar-refractivity contribution is 7.99. The molecule has 10 heteroatoms. The number of aromatic nitrogens is 3. The van der Waals surface area contributed by atoms with Gasteiger partial charge in [0.1, 0.15) is 0 Å². The molecule has 2 aromatic carbocycles. The molecule has 0 spiro atoms. The molecule has 0 fully saturated rings. The molecular formula is C23H23Cl2N5O2S. The van der Waals surface area contributed by atoms with Gasteiger partial charge < -0.3 is 15.2 Å². The van der Waals surface area contributed by atoms with E-state index in [4.69, 9.17) is 23.2 Å². The lowest BCUT2D eigenvalue weighted by Crippen LogP contribution is -2.29. The Kier molecular flexibility index (Phi) is 8.55. The molecule has 0 aliphatic carbocycles. The number of amides is 2. The Hall–Kier alpha value is -2.81. The Bertz CT molecular complexity index is 1180. The van der Waals surface area contributed by atoms with Gasteiger partial charge >= 0.3 is 0 Å². The van der Waals surface area contributed by atoms with Crippen LogP contribution in [0.3, 0.4) is 0 Å². The molecule has 0 unspecified atom stereocenters. The van der Waals surface area contributed by atoms with Gasteiger partial charge in [0.25, 0.3) is 5.91 Å². The van der Waals surface area contributed by atoms with Gasteiger partial charge in [-0.3, -0.25) is 9.59 Å². The molecule has 0 saturated heterocycles. The first-order chi connectivity index (χ1) is 15.8. The van der Waals surface area contributed by atoms with Crippen LogP contribution in [0.2, 0.25) is 10.0 Å². The molecule has 0 radical (unpaired) electrons. The van der Waals surface area contributed by atoms with E-state index in [1.807, 2.05) is 36.6 Å². The number of anilines is 1. The maximum absolute atomic E-state index is 12.7. The van der Waals surface area contributed by atoms with Crippen LogP contribution in [-0.2, 0) is 11.3 Å². The second-order valence-electron chi connectivity index (χ2n) is 7.21. The number of rotatable bonds is 9. The fourth-order valence-corrected chi connectivity index (χ4v) is 4.20. The average Bonchev–Trinajstić information content (AvgIpc) is 3.18. The highest BCUT2D eigenvalue weighted by Gasteiger charge is 2.21. The lowest BCUT2D eigenvalue weighted by molar-refractivity contribution is -0.113. The number of aryl methyl sites for hydroxylation is 1. The van der Waals surface area contributed by atoms with Gasteiger partial charge in [0.2, 0.25) is 5.91 Å². The molecule has 0 aliphatic heterocycles. The zero-order chi connectivity index (χ0) is 24.0. The molecule has 1 aromatic heterocycles. The molecule has 1 heterocycles. The summed E-state index contributed by atoms with van der Waals surface area (Å²) in [5, 5.41) is 15.6. The molecule has 0 aliphatic rings. The van der Waals surface area contributed by atoms with Crippen molar-refractivity contribution in [3.05, 3.63) is 82.1 Å². The minimum atomic E-state index is -0.405. The molecule has 3 aromatic rings. The number of benzene rings is 2. The van der Waals surface area contributed by atoms with E-state index in [1.54, 1.807) is 30.3 Å². The standard InChI is InChI=1S/C23H23Cl2N5O2S/c1-4-11-30-21(15(3)26-22(32)17-8-6-5-7-14(17)2)28-29-23(30)33-13-20(31)27-19-12-16(24)9-10-18(19)25/h4-10,12,15H,1,11,13H2,2-3H3,(H,26,32)(H,27,31)/t15-/m1/s1. The fourth-order valence-electron chi connectivity index (χ4n) is 3.10. The number of hydrogen-bond acceptors (Lipinski definition) is 5. The van der Waals surface area contributed by atoms with Crippen molar-refractivity contribution in [3.63, 3.8) is 0 Å². The van der Waals surface area contributed by atoms with E-state index in [9.17, 15) is 9.59 Å². The third kappa shape index (κ3) is 6.37. The van der Waals surface area contributed by atoms with Crippen molar-refractivity contribution in [1.82, 2.24) is 20.1 Å². The molecule has 2 N–H and O–H groups in total. The normalized spacial score (nSPS) is 11.6. The van der Waals surface area contributed by atoms with Gasteiger partial charge in [-0.25, -0.2) is 0 Å². The smallest absolute Gasteiger partial charge is 0.252 e. The summed E-state index contributed by atoms with van der Waals surface area (Å²) in [5.41, 5.74) is 1.93. The van der Waals surface area contributed by atoms with Crippen molar-refractivity contribution in [3.8, 4) is 0 Å². The monoisotopic (exact) mass is 503 g/mol. The molecular weight excluding hydrogens is 481 g/mol. The summed E-state index contributed by atoms with van der Waals surface area (Å²) in [4.78, 5) is 25.1. The van der Waals surface area contributed by atoms with E-state index in [0.717, 1.165) is 5.56 Å². The summed E-state index contributed by atoms with van der Waals surface area (Å²) in [6.07, 6.45) is 1.71. The highest BCUT2D eigenvalue weighted by Crippen LogP contribution is 2.26. The fraction of sp³-hybridized carbons (Fsp3) is 0.217. The molecule has 7 nitrogen and oxygen atoms in total. The zero-order valence-corrected chi connectivity index (χ0v) is 20.5. The van der Waals surface area contributed by atoms with E-state index in [-0.39, 0.29) is 17.6 Å². The maximum Gasteiger partial charge on any atom is 0.252 e. The summed E-state index contributed by atoms with van der Waals surface area (Å²) < 4.78 is 1.82. The molecule has 2 amide bonds. The van der Waals surface area contributed by atoms with Crippen LogP contribution >= 0.6 is 35.0 Å². The van der Waals surface area contributed by atoms with Gasteiger partial charge in [-0.1, -0.05) is 59.2 Å². The lowest BCUT2D eigenvalue weighted by atomic mass is 10.1. The predicted octanol–water partition coefficient (Wildman–Crippen LogP) is 5.30. The van der Waals surface area contributed by atoms with E-state index in [0.29, 0.717) is 38.8 Å². The first-order valence-electron chi connectivity index (χ1n) is 10.1. The number of hydrogen-bond donors (Lipinski definition) is 2. The largest absolute Gasteiger partial charge is 0.342 e.